The average molecular weight is 473 g/mol. The molecule has 166 valence electrons. The van der Waals surface area contributed by atoms with Crippen LogP contribution in [0.1, 0.15) is 21.6 Å². The van der Waals surface area contributed by atoms with Crippen molar-refractivity contribution in [3.05, 3.63) is 74.8 Å². The SMILES string of the molecule is COc1ccc(CNC(=O)CNC(=O)c2ccc(Sc3nc(C)cs3)c([N+](=O)[O-])c2)cc1. The number of methoxy groups -OCH3 is 1. The van der Waals surface area contributed by atoms with Crippen molar-refractivity contribution in [3.63, 3.8) is 0 Å². The van der Waals surface area contributed by atoms with E-state index < -0.39 is 10.8 Å². The van der Waals surface area contributed by atoms with Crippen molar-refractivity contribution in [3.8, 4) is 5.75 Å². The first kappa shape index (κ1) is 23.2. The molecule has 0 bridgehead atoms. The van der Waals surface area contributed by atoms with Crippen LogP contribution in [-0.2, 0) is 11.3 Å². The summed E-state index contributed by atoms with van der Waals surface area (Å²) in [7, 11) is 1.57. The molecule has 2 amide bonds. The molecule has 1 heterocycles. The molecule has 0 aliphatic heterocycles. The molecule has 0 radical (unpaired) electrons. The lowest BCUT2D eigenvalue weighted by molar-refractivity contribution is -0.387. The summed E-state index contributed by atoms with van der Waals surface area (Å²) in [6, 6.07) is 11.4. The Bertz CT molecular complexity index is 1130. The highest BCUT2D eigenvalue weighted by atomic mass is 32.2. The van der Waals surface area contributed by atoms with E-state index in [2.05, 4.69) is 15.6 Å². The topological polar surface area (TPSA) is 123 Å². The van der Waals surface area contributed by atoms with Gasteiger partial charge in [-0.25, -0.2) is 4.98 Å². The molecule has 0 fully saturated rings. The predicted molar refractivity (Wildman–Crippen MR) is 121 cm³/mol. The van der Waals surface area contributed by atoms with Gasteiger partial charge in [0.25, 0.3) is 11.6 Å². The molecule has 0 spiro atoms. The summed E-state index contributed by atoms with van der Waals surface area (Å²) in [4.78, 5) is 40.1. The Kier molecular flexibility index (Phi) is 7.79. The fourth-order valence-corrected chi connectivity index (χ4v) is 4.51. The van der Waals surface area contributed by atoms with Gasteiger partial charge in [0.15, 0.2) is 4.34 Å². The number of amides is 2. The summed E-state index contributed by atoms with van der Waals surface area (Å²) in [5.41, 5.74) is 1.62. The van der Waals surface area contributed by atoms with Gasteiger partial charge in [-0.2, -0.15) is 0 Å². The first-order chi connectivity index (χ1) is 15.4. The van der Waals surface area contributed by atoms with Crippen LogP contribution in [0.5, 0.6) is 5.75 Å². The predicted octanol–water partition coefficient (Wildman–Crippen LogP) is 3.57. The van der Waals surface area contributed by atoms with Crippen LogP contribution in [0.4, 0.5) is 5.69 Å². The summed E-state index contributed by atoms with van der Waals surface area (Å²) in [6.45, 7) is 1.89. The number of nitrogens with zero attached hydrogens (tertiary/aromatic N) is 2. The summed E-state index contributed by atoms with van der Waals surface area (Å²) < 4.78 is 5.76. The number of carbonyl (C=O) groups is 2. The lowest BCUT2D eigenvalue weighted by atomic mass is 10.2. The van der Waals surface area contributed by atoms with E-state index in [1.807, 2.05) is 24.4 Å². The van der Waals surface area contributed by atoms with Crippen molar-refractivity contribution in [2.24, 2.45) is 0 Å². The average Bonchev–Trinajstić information content (AvgIpc) is 3.20. The first-order valence-electron chi connectivity index (χ1n) is 9.42. The van der Waals surface area contributed by atoms with E-state index in [1.54, 1.807) is 19.2 Å². The largest absolute Gasteiger partial charge is 0.497 e. The van der Waals surface area contributed by atoms with E-state index in [9.17, 15) is 19.7 Å². The normalized spacial score (nSPS) is 10.4. The Labute approximate surface area is 192 Å². The number of rotatable bonds is 9. The molecule has 2 aromatic carbocycles. The molecule has 11 heteroatoms. The van der Waals surface area contributed by atoms with Gasteiger partial charge in [0.2, 0.25) is 5.91 Å². The smallest absolute Gasteiger partial charge is 0.284 e. The zero-order chi connectivity index (χ0) is 23.1. The van der Waals surface area contributed by atoms with Crippen LogP contribution >= 0.6 is 23.1 Å². The number of benzene rings is 2. The number of nitrogens with one attached hydrogen (secondary N) is 2. The van der Waals surface area contributed by atoms with Gasteiger partial charge in [-0.3, -0.25) is 19.7 Å². The maximum atomic E-state index is 12.4. The Morgan fingerprint density at radius 2 is 1.94 bits per heavy atom. The number of nitro groups is 1. The number of carbonyl (C=O) groups excluding carboxylic acids is 2. The van der Waals surface area contributed by atoms with E-state index in [4.69, 9.17) is 4.74 Å². The van der Waals surface area contributed by atoms with Gasteiger partial charge >= 0.3 is 0 Å². The Morgan fingerprint density at radius 3 is 2.56 bits per heavy atom. The summed E-state index contributed by atoms with van der Waals surface area (Å²) in [5, 5.41) is 18.5. The molecule has 32 heavy (non-hydrogen) atoms. The van der Waals surface area contributed by atoms with Crippen LogP contribution in [0.3, 0.4) is 0 Å². The van der Waals surface area contributed by atoms with Gasteiger partial charge in [0.05, 0.1) is 23.5 Å². The third-order valence-electron chi connectivity index (χ3n) is 4.27. The number of ether oxygens (including phenoxy) is 1. The summed E-state index contributed by atoms with van der Waals surface area (Å²) >= 11 is 2.56. The lowest BCUT2D eigenvalue weighted by Crippen LogP contribution is -2.36. The first-order valence-corrected chi connectivity index (χ1v) is 11.1. The highest BCUT2D eigenvalue weighted by Crippen LogP contribution is 2.36. The molecule has 2 N–H and O–H groups in total. The molecule has 9 nitrogen and oxygen atoms in total. The Hall–Kier alpha value is -3.44. The minimum atomic E-state index is -0.575. The highest BCUT2D eigenvalue weighted by Gasteiger charge is 2.20. The monoisotopic (exact) mass is 472 g/mol. The second-order valence-corrected chi connectivity index (χ2v) is 8.75. The van der Waals surface area contributed by atoms with Crippen molar-refractivity contribution < 1.29 is 19.2 Å². The van der Waals surface area contributed by atoms with E-state index in [0.717, 1.165) is 11.3 Å². The Morgan fingerprint density at radius 1 is 1.19 bits per heavy atom. The van der Waals surface area contributed by atoms with Gasteiger partial charge in [-0.05, 0) is 36.8 Å². The summed E-state index contributed by atoms with van der Waals surface area (Å²) in [5.74, 6) is -0.239. The molecule has 0 saturated heterocycles. The van der Waals surface area contributed by atoms with Crippen molar-refractivity contribution in [1.29, 1.82) is 0 Å². The minimum Gasteiger partial charge on any atom is -0.497 e. The number of nitro benzene ring substituents is 1. The molecular formula is C21H20N4O5S2. The zero-order valence-electron chi connectivity index (χ0n) is 17.3. The zero-order valence-corrected chi connectivity index (χ0v) is 18.9. The van der Waals surface area contributed by atoms with Crippen LogP contribution in [0.25, 0.3) is 0 Å². The van der Waals surface area contributed by atoms with Gasteiger partial charge < -0.3 is 15.4 Å². The van der Waals surface area contributed by atoms with Crippen LogP contribution < -0.4 is 15.4 Å². The van der Waals surface area contributed by atoms with E-state index in [-0.39, 0.29) is 23.7 Å². The van der Waals surface area contributed by atoms with Crippen molar-refractivity contribution in [2.45, 2.75) is 22.7 Å². The third kappa shape index (κ3) is 6.28. The van der Waals surface area contributed by atoms with Crippen molar-refractivity contribution >= 4 is 40.6 Å². The molecule has 0 saturated carbocycles. The highest BCUT2D eigenvalue weighted by molar-refractivity contribution is 8.01. The standard InChI is InChI=1S/C21H20N4O5S2/c1-13-12-31-21(24-13)32-18-8-5-15(9-17(18)25(28)29)20(27)23-11-19(26)22-10-14-3-6-16(30-2)7-4-14/h3-9,12H,10-11H2,1-2H3,(H,22,26)(H,23,27). The van der Waals surface area contributed by atoms with E-state index >= 15 is 0 Å². The maximum absolute atomic E-state index is 12.4. The minimum absolute atomic E-state index is 0.0966. The lowest BCUT2D eigenvalue weighted by Gasteiger charge is -2.08. The molecular weight excluding hydrogens is 452 g/mol. The number of aromatic nitrogens is 1. The fourth-order valence-electron chi connectivity index (χ4n) is 2.63. The number of aryl methyl sites for hydroxylation is 1. The molecule has 3 rings (SSSR count). The fraction of sp³-hybridized carbons (Fsp3) is 0.190. The quantitative estimate of drug-likeness (QED) is 0.360. The van der Waals surface area contributed by atoms with E-state index in [0.29, 0.717) is 21.5 Å². The second-order valence-electron chi connectivity index (χ2n) is 6.60. The van der Waals surface area contributed by atoms with Gasteiger partial charge in [0.1, 0.15) is 5.75 Å². The number of hydrogen-bond donors (Lipinski definition) is 2. The van der Waals surface area contributed by atoms with Crippen molar-refractivity contribution in [1.82, 2.24) is 15.6 Å². The molecule has 3 aromatic rings. The maximum Gasteiger partial charge on any atom is 0.284 e. The van der Waals surface area contributed by atoms with Gasteiger partial charge in [0, 0.05) is 29.2 Å². The van der Waals surface area contributed by atoms with E-state index in [1.165, 1.54) is 41.3 Å². The van der Waals surface area contributed by atoms with Crippen LogP contribution in [0.2, 0.25) is 0 Å². The van der Waals surface area contributed by atoms with Crippen LogP contribution in [0, 0.1) is 17.0 Å². The molecule has 0 aliphatic carbocycles. The van der Waals surface area contributed by atoms with Crippen LogP contribution in [0.15, 0.2) is 57.1 Å². The number of thiazole rings is 1. The molecule has 0 unspecified atom stereocenters. The third-order valence-corrected chi connectivity index (χ3v) is 6.39. The molecule has 0 atom stereocenters. The summed E-state index contributed by atoms with van der Waals surface area (Å²) in [6.07, 6.45) is 0. The molecule has 0 aliphatic rings. The molecule has 1 aromatic heterocycles. The van der Waals surface area contributed by atoms with Gasteiger partial charge in [-0.15, -0.1) is 11.3 Å². The van der Waals surface area contributed by atoms with Gasteiger partial charge in [-0.1, -0.05) is 23.9 Å². The Balaban J connectivity index is 1.57. The second kappa shape index (κ2) is 10.7. The van der Waals surface area contributed by atoms with Crippen LogP contribution in [-0.4, -0.2) is 35.4 Å². The van der Waals surface area contributed by atoms with Crippen molar-refractivity contribution in [2.75, 3.05) is 13.7 Å². The number of hydrogen-bond acceptors (Lipinski definition) is 8.